The summed E-state index contributed by atoms with van der Waals surface area (Å²) in [4.78, 5) is 12.3. The van der Waals surface area contributed by atoms with Gasteiger partial charge in [-0.3, -0.25) is 4.79 Å². The summed E-state index contributed by atoms with van der Waals surface area (Å²) in [5.41, 5.74) is 4.60. The van der Waals surface area contributed by atoms with E-state index >= 15 is 0 Å². The standard InChI is InChI=1S/C22H22FN3O2S/c1-14(17-7-6-15-4-2-3-5-18(15)12-17)24-20(27)13-29-22-26-25-21(28-22)16-8-10-19(23)11-9-16/h6-12,14H,2-5,13H2,1H3,(H,24,27). The van der Waals surface area contributed by atoms with E-state index in [0.717, 1.165) is 18.4 Å². The number of aryl methyl sites for hydroxylation is 2. The van der Waals surface area contributed by atoms with Crippen LogP contribution in [0.1, 0.15) is 42.5 Å². The van der Waals surface area contributed by atoms with Gasteiger partial charge in [0.1, 0.15) is 5.82 Å². The van der Waals surface area contributed by atoms with Crippen LogP contribution in [0.4, 0.5) is 4.39 Å². The molecule has 1 N–H and O–H groups in total. The van der Waals surface area contributed by atoms with Gasteiger partial charge in [-0.05, 0) is 73.6 Å². The summed E-state index contributed by atoms with van der Waals surface area (Å²) in [6.07, 6.45) is 4.76. The first-order chi connectivity index (χ1) is 14.1. The number of benzene rings is 2. The van der Waals surface area contributed by atoms with Crippen LogP contribution in [0.2, 0.25) is 0 Å². The van der Waals surface area contributed by atoms with Crippen LogP contribution in [0.3, 0.4) is 0 Å². The second kappa shape index (κ2) is 8.78. The van der Waals surface area contributed by atoms with Crippen LogP contribution in [-0.2, 0) is 17.6 Å². The molecule has 1 amide bonds. The highest BCUT2D eigenvalue weighted by Gasteiger charge is 2.16. The van der Waals surface area contributed by atoms with Gasteiger partial charge in [0, 0.05) is 5.56 Å². The number of amides is 1. The minimum Gasteiger partial charge on any atom is -0.411 e. The van der Waals surface area contributed by atoms with Gasteiger partial charge in [0.25, 0.3) is 5.22 Å². The first-order valence-corrected chi connectivity index (χ1v) is 10.7. The number of aromatic nitrogens is 2. The van der Waals surface area contributed by atoms with Crippen LogP contribution in [-0.4, -0.2) is 21.9 Å². The largest absolute Gasteiger partial charge is 0.411 e. The van der Waals surface area contributed by atoms with E-state index in [9.17, 15) is 9.18 Å². The summed E-state index contributed by atoms with van der Waals surface area (Å²) in [6, 6.07) is 12.3. The third kappa shape index (κ3) is 4.85. The summed E-state index contributed by atoms with van der Waals surface area (Å²) < 4.78 is 18.6. The van der Waals surface area contributed by atoms with Crippen molar-refractivity contribution in [3.8, 4) is 11.5 Å². The van der Waals surface area contributed by atoms with Gasteiger partial charge in [-0.15, -0.1) is 10.2 Å². The topological polar surface area (TPSA) is 68.0 Å². The van der Waals surface area contributed by atoms with Gasteiger partial charge in [-0.25, -0.2) is 4.39 Å². The molecule has 5 nitrogen and oxygen atoms in total. The van der Waals surface area contributed by atoms with Crippen LogP contribution < -0.4 is 5.32 Å². The van der Waals surface area contributed by atoms with Gasteiger partial charge < -0.3 is 9.73 Å². The molecule has 0 spiro atoms. The first-order valence-electron chi connectivity index (χ1n) is 9.72. The zero-order chi connectivity index (χ0) is 20.2. The third-order valence-corrected chi connectivity index (χ3v) is 5.89. The molecule has 1 aliphatic rings. The van der Waals surface area contributed by atoms with Gasteiger partial charge >= 0.3 is 0 Å². The van der Waals surface area contributed by atoms with Crippen LogP contribution in [0.15, 0.2) is 52.1 Å². The molecule has 0 bridgehead atoms. The number of thioether (sulfide) groups is 1. The quantitative estimate of drug-likeness (QED) is 0.594. The molecule has 2 aromatic carbocycles. The molecule has 0 saturated heterocycles. The maximum absolute atomic E-state index is 13.0. The number of nitrogens with one attached hydrogen (secondary N) is 1. The lowest BCUT2D eigenvalue weighted by Crippen LogP contribution is -2.28. The van der Waals surface area contributed by atoms with E-state index in [1.54, 1.807) is 12.1 Å². The third-order valence-electron chi connectivity index (χ3n) is 5.07. The van der Waals surface area contributed by atoms with E-state index < -0.39 is 0 Å². The van der Waals surface area contributed by atoms with E-state index in [2.05, 4.69) is 33.7 Å². The highest BCUT2D eigenvalue weighted by Crippen LogP contribution is 2.26. The second-order valence-electron chi connectivity index (χ2n) is 7.19. The summed E-state index contributed by atoms with van der Waals surface area (Å²) >= 11 is 1.18. The van der Waals surface area contributed by atoms with Crippen molar-refractivity contribution in [3.05, 3.63) is 65.0 Å². The minimum absolute atomic E-state index is 0.0622. The van der Waals surface area contributed by atoms with E-state index in [1.807, 2.05) is 6.92 Å². The fourth-order valence-corrected chi connectivity index (χ4v) is 4.07. The molecule has 0 saturated carbocycles. The van der Waals surface area contributed by atoms with Gasteiger partial charge in [-0.2, -0.15) is 0 Å². The number of carbonyl (C=O) groups excluding carboxylic acids is 1. The molecule has 29 heavy (non-hydrogen) atoms. The molecule has 0 fully saturated rings. The highest BCUT2D eigenvalue weighted by molar-refractivity contribution is 7.99. The van der Waals surface area contributed by atoms with Crippen LogP contribution in [0.25, 0.3) is 11.5 Å². The molecule has 0 radical (unpaired) electrons. The normalized spacial score (nSPS) is 14.3. The van der Waals surface area contributed by atoms with Crippen molar-refractivity contribution in [2.75, 3.05) is 5.75 Å². The number of fused-ring (bicyclic) bond motifs is 1. The maximum atomic E-state index is 13.0. The Bertz CT molecular complexity index is 1000. The summed E-state index contributed by atoms with van der Waals surface area (Å²) in [5, 5.41) is 11.2. The van der Waals surface area contributed by atoms with Crippen molar-refractivity contribution in [2.24, 2.45) is 0 Å². The Balaban J connectivity index is 1.31. The molecule has 7 heteroatoms. The second-order valence-corrected chi connectivity index (χ2v) is 8.12. The number of carbonyl (C=O) groups is 1. The molecule has 1 aliphatic carbocycles. The molecular formula is C22H22FN3O2S. The van der Waals surface area contributed by atoms with Crippen molar-refractivity contribution in [1.29, 1.82) is 0 Å². The fourth-order valence-electron chi connectivity index (χ4n) is 3.49. The Hall–Kier alpha value is -2.67. The van der Waals surface area contributed by atoms with Crippen molar-refractivity contribution in [3.63, 3.8) is 0 Å². The predicted octanol–water partition coefficient (Wildman–Crippen LogP) is 4.72. The van der Waals surface area contributed by atoms with Gasteiger partial charge in [0.2, 0.25) is 11.8 Å². The average Bonchev–Trinajstić information content (AvgIpc) is 3.21. The van der Waals surface area contributed by atoms with Gasteiger partial charge in [0.15, 0.2) is 0 Å². The van der Waals surface area contributed by atoms with E-state index in [4.69, 9.17) is 4.42 Å². The van der Waals surface area contributed by atoms with E-state index in [1.165, 1.54) is 47.9 Å². The number of hydrogen-bond donors (Lipinski definition) is 1. The van der Waals surface area contributed by atoms with Crippen LogP contribution in [0, 0.1) is 5.82 Å². The number of halogens is 1. The summed E-state index contributed by atoms with van der Waals surface area (Å²) in [6.45, 7) is 1.99. The van der Waals surface area contributed by atoms with Crippen LogP contribution >= 0.6 is 11.8 Å². The first kappa shape index (κ1) is 19.6. The molecule has 1 unspecified atom stereocenters. The zero-order valence-corrected chi connectivity index (χ0v) is 17.0. The molecule has 3 aromatic rings. The van der Waals surface area contributed by atoms with Crippen molar-refractivity contribution < 1.29 is 13.6 Å². The summed E-state index contributed by atoms with van der Waals surface area (Å²) in [5.74, 6) is 0.0602. The number of nitrogens with zero attached hydrogens (tertiary/aromatic N) is 2. The Labute approximate surface area is 173 Å². The molecule has 1 atom stereocenters. The smallest absolute Gasteiger partial charge is 0.277 e. The molecule has 0 aliphatic heterocycles. The SMILES string of the molecule is CC(NC(=O)CSc1nnc(-c2ccc(F)cc2)o1)c1ccc2c(c1)CCCC2. The monoisotopic (exact) mass is 411 g/mol. The zero-order valence-electron chi connectivity index (χ0n) is 16.2. The van der Waals surface area contributed by atoms with Crippen molar-refractivity contribution in [2.45, 2.75) is 43.9 Å². The van der Waals surface area contributed by atoms with E-state index in [-0.39, 0.29) is 23.5 Å². The lowest BCUT2D eigenvalue weighted by molar-refractivity contribution is -0.119. The summed E-state index contributed by atoms with van der Waals surface area (Å²) in [7, 11) is 0. The van der Waals surface area contributed by atoms with Crippen molar-refractivity contribution in [1.82, 2.24) is 15.5 Å². The Kier molecular flexibility index (Phi) is 5.94. The molecule has 150 valence electrons. The molecular weight excluding hydrogens is 389 g/mol. The van der Waals surface area contributed by atoms with Gasteiger partial charge in [0.05, 0.1) is 11.8 Å². The number of rotatable bonds is 6. The molecule has 1 heterocycles. The van der Waals surface area contributed by atoms with Crippen molar-refractivity contribution >= 4 is 17.7 Å². The van der Waals surface area contributed by atoms with Gasteiger partial charge in [-0.1, -0.05) is 30.0 Å². The minimum atomic E-state index is -0.326. The Morgan fingerprint density at radius 2 is 1.90 bits per heavy atom. The predicted molar refractivity (Wildman–Crippen MR) is 110 cm³/mol. The molecule has 1 aromatic heterocycles. The highest BCUT2D eigenvalue weighted by atomic mass is 32.2. The Morgan fingerprint density at radius 1 is 1.14 bits per heavy atom. The lowest BCUT2D eigenvalue weighted by Gasteiger charge is -2.20. The fraction of sp³-hybridized carbons (Fsp3) is 0.318. The number of hydrogen-bond acceptors (Lipinski definition) is 5. The Morgan fingerprint density at radius 3 is 2.69 bits per heavy atom. The van der Waals surface area contributed by atoms with E-state index in [0.29, 0.717) is 16.7 Å². The average molecular weight is 412 g/mol. The van der Waals surface area contributed by atoms with Crippen LogP contribution in [0.5, 0.6) is 0 Å². The lowest BCUT2D eigenvalue weighted by atomic mass is 9.89. The maximum Gasteiger partial charge on any atom is 0.277 e. The molecule has 4 rings (SSSR count).